The first-order valence-corrected chi connectivity index (χ1v) is 5.18. The van der Waals surface area contributed by atoms with E-state index in [9.17, 15) is 4.79 Å². The number of rotatable bonds is 5. The van der Waals surface area contributed by atoms with E-state index in [1.54, 1.807) is 0 Å². The lowest BCUT2D eigenvalue weighted by Gasteiger charge is -2.26. The fourth-order valence-electron chi connectivity index (χ4n) is 2.07. The lowest BCUT2D eigenvalue weighted by molar-refractivity contribution is -0.110. The zero-order chi connectivity index (χ0) is 9.52. The van der Waals surface area contributed by atoms with Crippen LogP contribution in [0.5, 0.6) is 0 Å². The summed E-state index contributed by atoms with van der Waals surface area (Å²) < 4.78 is 0. The predicted molar refractivity (Wildman–Crippen MR) is 53.3 cm³/mol. The first-order valence-electron chi connectivity index (χ1n) is 5.18. The van der Waals surface area contributed by atoms with E-state index in [0.29, 0.717) is 6.67 Å². The third-order valence-electron chi connectivity index (χ3n) is 2.74. The zero-order valence-electron chi connectivity index (χ0n) is 8.46. The molecule has 1 rings (SSSR count). The van der Waals surface area contributed by atoms with Crippen molar-refractivity contribution in [3.05, 3.63) is 0 Å². The van der Waals surface area contributed by atoms with Crippen LogP contribution in [0.1, 0.15) is 32.1 Å². The minimum atomic E-state index is 0.681. The molecule has 1 N–H and O–H groups in total. The van der Waals surface area contributed by atoms with Crippen molar-refractivity contribution in [3.63, 3.8) is 0 Å². The number of nitrogens with one attached hydrogen (secondary N) is 1. The number of carbonyl (C=O) groups is 1. The van der Waals surface area contributed by atoms with Gasteiger partial charge >= 0.3 is 0 Å². The summed E-state index contributed by atoms with van der Waals surface area (Å²) in [7, 11) is 2.06. The lowest BCUT2D eigenvalue weighted by Crippen LogP contribution is -2.34. The summed E-state index contributed by atoms with van der Waals surface area (Å²) >= 11 is 0. The Balaban J connectivity index is 2.10. The van der Waals surface area contributed by atoms with E-state index in [1.165, 1.54) is 32.1 Å². The molecule has 1 amide bonds. The van der Waals surface area contributed by atoms with Gasteiger partial charge in [0.1, 0.15) is 0 Å². The number of carbonyl (C=O) groups excluding carboxylic acids is 1. The van der Waals surface area contributed by atoms with E-state index in [4.69, 9.17) is 0 Å². The monoisotopic (exact) mass is 184 g/mol. The standard InChI is InChI=1S/C10H20N2O/c1-12(8-11-9-13)7-10-5-3-2-4-6-10/h9-10H,2-8H2,1H3,(H,11,13). The van der Waals surface area contributed by atoms with Crippen LogP contribution in [-0.2, 0) is 4.79 Å². The molecule has 0 aromatic rings. The summed E-state index contributed by atoms with van der Waals surface area (Å²) in [5, 5.41) is 2.68. The number of nitrogens with zero attached hydrogens (tertiary/aromatic N) is 1. The summed E-state index contributed by atoms with van der Waals surface area (Å²) in [6.45, 7) is 1.81. The summed E-state index contributed by atoms with van der Waals surface area (Å²) in [4.78, 5) is 12.2. The minimum Gasteiger partial charge on any atom is -0.346 e. The first-order chi connectivity index (χ1) is 6.33. The van der Waals surface area contributed by atoms with Gasteiger partial charge in [-0.3, -0.25) is 9.69 Å². The van der Waals surface area contributed by atoms with Crippen molar-refractivity contribution in [3.8, 4) is 0 Å². The van der Waals surface area contributed by atoms with Gasteiger partial charge in [-0.05, 0) is 25.8 Å². The van der Waals surface area contributed by atoms with Gasteiger partial charge in [-0.2, -0.15) is 0 Å². The van der Waals surface area contributed by atoms with Gasteiger partial charge in [0.2, 0.25) is 6.41 Å². The Morgan fingerprint density at radius 1 is 1.38 bits per heavy atom. The fourth-order valence-corrected chi connectivity index (χ4v) is 2.07. The predicted octanol–water partition coefficient (Wildman–Crippen LogP) is 1.20. The van der Waals surface area contributed by atoms with E-state index in [2.05, 4.69) is 17.3 Å². The molecule has 0 aliphatic heterocycles. The Labute approximate surface area is 80.5 Å². The normalized spacial score (nSPS) is 18.9. The maximum absolute atomic E-state index is 10.1. The summed E-state index contributed by atoms with van der Waals surface area (Å²) in [6, 6.07) is 0. The molecular formula is C10H20N2O. The Morgan fingerprint density at radius 3 is 2.69 bits per heavy atom. The summed E-state index contributed by atoms with van der Waals surface area (Å²) in [6.07, 6.45) is 7.68. The highest BCUT2D eigenvalue weighted by atomic mass is 16.1. The van der Waals surface area contributed by atoms with Crippen LogP contribution >= 0.6 is 0 Å². The van der Waals surface area contributed by atoms with Crippen LogP contribution in [0.4, 0.5) is 0 Å². The molecule has 3 nitrogen and oxygen atoms in total. The molecule has 0 aromatic carbocycles. The molecule has 0 bridgehead atoms. The SMILES string of the molecule is CN(CNC=O)CC1CCCCC1. The summed E-state index contributed by atoms with van der Waals surface area (Å²) in [5.74, 6) is 0.854. The highest BCUT2D eigenvalue weighted by Crippen LogP contribution is 2.23. The van der Waals surface area contributed by atoms with Crippen LogP contribution in [0, 0.1) is 5.92 Å². The van der Waals surface area contributed by atoms with Gasteiger partial charge in [-0.15, -0.1) is 0 Å². The molecule has 0 saturated heterocycles. The van der Waals surface area contributed by atoms with Gasteiger partial charge in [-0.25, -0.2) is 0 Å². The minimum absolute atomic E-state index is 0.681. The number of hydrogen-bond donors (Lipinski definition) is 1. The fraction of sp³-hybridized carbons (Fsp3) is 0.900. The third-order valence-corrected chi connectivity index (χ3v) is 2.74. The molecule has 3 heteroatoms. The Morgan fingerprint density at radius 2 is 2.08 bits per heavy atom. The second-order valence-electron chi connectivity index (χ2n) is 4.02. The quantitative estimate of drug-likeness (QED) is 0.514. The van der Waals surface area contributed by atoms with Crippen LogP contribution in [0.2, 0.25) is 0 Å². The molecule has 0 radical (unpaired) electrons. The largest absolute Gasteiger partial charge is 0.346 e. The van der Waals surface area contributed by atoms with Crippen LogP contribution in [0.3, 0.4) is 0 Å². The van der Waals surface area contributed by atoms with E-state index in [1.807, 2.05) is 0 Å². The second-order valence-corrected chi connectivity index (χ2v) is 4.02. The molecule has 76 valence electrons. The van der Waals surface area contributed by atoms with Crippen LogP contribution < -0.4 is 5.32 Å². The molecule has 0 aromatic heterocycles. The van der Waals surface area contributed by atoms with Gasteiger partial charge in [0, 0.05) is 6.54 Å². The molecule has 1 aliphatic carbocycles. The van der Waals surface area contributed by atoms with Gasteiger partial charge in [0.15, 0.2) is 0 Å². The number of amides is 1. The smallest absolute Gasteiger partial charge is 0.208 e. The van der Waals surface area contributed by atoms with Gasteiger partial charge in [0.05, 0.1) is 6.67 Å². The van der Waals surface area contributed by atoms with Crippen molar-refractivity contribution in [2.24, 2.45) is 5.92 Å². The van der Waals surface area contributed by atoms with Gasteiger partial charge < -0.3 is 5.32 Å². The molecule has 13 heavy (non-hydrogen) atoms. The van der Waals surface area contributed by atoms with Gasteiger partial charge in [-0.1, -0.05) is 19.3 Å². The molecule has 1 aliphatic rings. The number of hydrogen-bond acceptors (Lipinski definition) is 2. The average Bonchev–Trinajstić information content (AvgIpc) is 2.16. The second kappa shape index (κ2) is 5.97. The molecule has 0 heterocycles. The van der Waals surface area contributed by atoms with E-state index in [0.717, 1.165) is 18.9 Å². The third kappa shape index (κ3) is 4.27. The summed E-state index contributed by atoms with van der Waals surface area (Å²) in [5.41, 5.74) is 0. The van der Waals surface area contributed by atoms with Crippen molar-refractivity contribution in [2.45, 2.75) is 32.1 Å². The molecule has 1 saturated carbocycles. The van der Waals surface area contributed by atoms with Crippen molar-refractivity contribution in [1.82, 2.24) is 10.2 Å². The topological polar surface area (TPSA) is 32.3 Å². The van der Waals surface area contributed by atoms with E-state index >= 15 is 0 Å². The van der Waals surface area contributed by atoms with Crippen molar-refractivity contribution < 1.29 is 4.79 Å². The molecule has 1 fully saturated rings. The molecule has 0 atom stereocenters. The maximum atomic E-state index is 10.1. The molecular weight excluding hydrogens is 164 g/mol. The van der Waals surface area contributed by atoms with E-state index in [-0.39, 0.29) is 0 Å². The zero-order valence-corrected chi connectivity index (χ0v) is 8.46. The first kappa shape index (κ1) is 10.5. The van der Waals surface area contributed by atoms with Crippen LogP contribution in [0.25, 0.3) is 0 Å². The highest BCUT2D eigenvalue weighted by molar-refractivity contribution is 5.45. The molecule has 0 unspecified atom stereocenters. The Hall–Kier alpha value is -0.570. The Bertz CT molecular complexity index is 144. The van der Waals surface area contributed by atoms with Crippen molar-refractivity contribution in [2.75, 3.05) is 20.3 Å². The van der Waals surface area contributed by atoms with Crippen LogP contribution in [-0.4, -0.2) is 31.6 Å². The maximum Gasteiger partial charge on any atom is 0.208 e. The molecule has 0 spiro atoms. The average molecular weight is 184 g/mol. The highest BCUT2D eigenvalue weighted by Gasteiger charge is 2.14. The van der Waals surface area contributed by atoms with Gasteiger partial charge in [0.25, 0.3) is 0 Å². The van der Waals surface area contributed by atoms with Crippen LogP contribution in [0.15, 0.2) is 0 Å². The lowest BCUT2D eigenvalue weighted by atomic mass is 9.89. The van der Waals surface area contributed by atoms with Crippen molar-refractivity contribution in [1.29, 1.82) is 0 Å². The van der Waals surface area contributed by atoms with Crippen molar-refractivity contribution >= 4 is 6.41 Å². The Kier molecular flexibility index (Phi) is 4.83. The van der Waals surface area contributed by atoms with E-state index < -0.39 is 0 Å².